The van der Waals surface area contributed by atoms with Crippen molar-refractivity contribution >= 4 is 17.6 Å². The third kappa shape index (κ3) is 3.52. The van der Waals surface area contributed by atoms with E-state index in [1.165, 1.54) is 6.92 Å². The van der Waals surface area contributed by atoms with Crippen LogP contribution in [0.4, 0.5) is 23.2 Å². The molecule has 1 aromatic carbocycles. The number of azide groups is 1. The van der Waals surface area contributed by atoms with Crippen molar-refractivity contribution in [2.45, 2.75) is 19.1 Å². The first-order chi connectivity index (χ1) is 14.1. The number of carboxylic acid groups (broad SMARTS) is 1. The van der Waals surface area contributed by atoms with E-state index in [1.807, 2.05) is 0 Å². The average molecular weight is 430 g/mol. The second kappa shape index (κ2) is 8.58. The highest BCUT2D eigenvalue weighted by Crippen LogP contribution is 2.44. The molecule has 1 heterocycles. The minimum atomic E-state index is -2.46. The van der Waals surface area contributed by atoms with Crippen LogP contribution in [0.2, 0.25) is 0 Å². The van der Waals surface area contributed by atoms with Crippen molar-refractivity contribution in [3.63, 3.8) is 0 Å². The summed E-state index contributed by atoms with van der Waals surface area (Å²) in [6, 6.07) is 0. The van der Waals surface area contributed by atoms with Crippen LogP contribution in [0, 0.1) is 41.0 Å². The van der Waals surface area contributed by atoms with Crippen molar-refractivity contribution in [1.29, 1.82) is 0 Å². The van der Waals surface area contributed by atoms with E-state index >= 15 is 0 Å². The van der Waals surface area contributed by atoms with Crippen LogP contribution in [-0.4, -0.2) is 36.7 Å². The van der Waals surface area contributed by atoms with Crippen molar-refractivity contribution in [2.75, 3.05) is 19.8 Å². The quantitative estimate of drug-likeness (QED) is 0.136. The lowest BCUT2D eigenvalue weighted by Gasteiger charge is -2.43. The number of aliphatic carboxylic acids is 1. The third-order valence-corrected chi connectivity index (χ3v) is 4.53. The van der Waals surface area contributed by atoms with E-state index in [0.717, 1.165) is 0 Å². The van der Waals surface area contributed by atoms with Gasteiger partial charge in [-0.15, -0.1) is 6.42 Å². The highest BCUT2D eigenvalue weighted by Gasteiger charge is 2.56. The predicted octanol–water partition coefficient (Wildman–Crippen LogP) is 2.61. The number of terminal acetylenes is 1. The Morgan fingerprint density at radius 3 is 2.17 bits per heavy atom. The molecule has 1 fully saturated rings. The maximum Gasteiger partial charge on any atom is 0.324 e. The molecule has 0 radical (unpaired) electrons. The molecule has 0 aromatic heterocycles. The van der Waals surface area contributed by atoms with Crippen LogP contribution >= 0.6 is 0 Å². The summed E-state index contributed by atoms with van der Waals surface area (Å²) < 4.78 is 67.9. The van der Waals surface area contributed by atoms with E-state index in [9.17, 15) is 32.3 Å². The van der Waals surface area contributed by atoms with Gasteiger partial charge in [0.2, 0.25) is 11.7 Å². The zero-order chi connectivity index (χ0) is 22.7. The number of ether oxygens (including phenoxy) is 2. The van der Waals surface area contributed by atoms with Gasteiger partial charge in [-0.2, -0.15) is 0 Å². The number of nitrogens with one attached hydrogen (secondary N) is 1. The summed E-state index contributed by atoms with van der Waals surface area (Å²) in [6.07, 6.45) is 4.57. The molecule has 0 atom stereocenters. The monoisotopic (exact) mass is 430 g/mol. The lowest BCUT2D eigenvalue weighted by atomic mass is 9.86. The summed E-state index contributed by atoms with van der Waals surface area (Å²) >= 11 is 0. The van der Waals surface area contributed by atoms with Gasteiger partial charge < -0.3 is 19.9 Å². The topological polar surface area (TPSA) is 134 Å². The lowest BCUT2D eigenvalue weighted by Crippen LogP contribution is -2.59. The molecule has 160 valence electrons. The van der Waals surface area contributed by atoms with Gasteiger partial charge in [0.05, 0.1) is 25.3 Å². The molecule has 0 aliphatic carbocycles. The number of amides is 1. The maximum absolute atomic E-state index is 14.6. The van der Waals surface area contributed by atoms with Gasteiger partial charge in [0.1, 0.15) is 5.69 Å². The SMILES string of the molecule is C#CCNC(=O)C1(C(=O)O)COC(CC)(c2c(F)c(F)c(N=[N+]=[N-])c(F)c2F)OC1. The molecular formula is C17H14F4N4O5. The molecule has 0 saturated carbocycles. The first kappa shape index (κ1) is 23.0. The third-order valence-electron chi connectivity index (χ3n) is 4.53. The molecule has 1 aliphatic rings. The molecule has 0 spiro atoms. The highest BCUT2D eigenvalue weighted by atomic mass is 19.2. The Bertz CT molecular complexity index is 950. The number of halogens is 4. The lowest BCUT2D eigenvalue weighted by molar-refractivity contribution is -0.308. The van der Waals surface area contributed by atoms with E-state index < -0.39 is 77.2 Å². The molecule has 1 saturated heterocycles. The average Bonchev–Trinajstić information content (AvgIpc) is 2.74. The molecule has 30 heavy (non-hydrogen) atoms. The van der Waals surface area contributed by atoms with Crippen LogP contribution in [0.5, 0.6) is 0 Å². The van der Waals surface area contributed by atoms with Crippen LogP contribution in [-0.2, 0) is 24.8 Å². The Labute approximate surface area is 166 Å². The molecule has 2 N–H and O–H groups in total. The standard InChI is InChI=1S/C17H14F4N4O5/c1-3-5-23-14(26)16(15(27)28)6-29-17(4-2,30-7-16)8-9(18)11(20)13(24-25-22)12(21)10(8)19/h1H,4-7H2,2H3,(H,23,26)(H,27,28). The van der Waals surface area contributed by atoms with Crippen LogP contribution in [0.3, 0.4) is 0 Å². The molecule has 1 aromatic rings. The Morgan fingerprint density at radius 2 is 1.77 bits per heavy atom. The van der Waals surface area contributed by atoms with Crippen LogP contribution in [0.25, 0.3) is 10.4 Å². The Kier molecular flexibility index (Phi) is 6.57. The van der Waals surface area contributed by atoms with Crippen molar-refractivity contribution in [2.24, 2.45) is 10.5 Å². The predicted molar refractivity (Wildman–Crippen MR) is 90.9 cm³/mol. The zero-order valence-corrected chi connectivity index (χ0v) is 15.3. The molecule has 1 aliphatic heterocycles. The van der Waals surface area contributed by atoms with Crippen LogP contribution < -0.4 is 5.32 Å². The fraction of sp³-hybridized carbons (Fsp3) is 0.412. The second-order valence-electron chi connectivity index (χ2n) is 6.13. The number of hydrogen-bond acceptors (Lipinski definition) is 5. The van der Waals surface area contributed by atoms with Crippen molar-refractivity contribution in [3.05, 3.63) is 39.3 Å². The molecule has 0 bridgehead atoms. The Hall–Kier alpha value is -3.33. The van der Waals surface area contributed by atoms with Crippen molar-refractivity contribution in [3.8, 4) is 12.3 Å². The number of nitrogens with zero attached hydrogens (tertiary/aromatic N) is 3. The number of carbonyl (C=O) groups excluding carboxylic acids is 1. The summed E-state index contributed by atoms with van der Waals surface area (Å²) in [5, 5.41) is 14.2. The fourth-order valence-corrected chi connectivity index (χ4v) is 2.83. The minimum absolute atomic E-state index is 0.312. The van der Waals surface area contributed by atoms with Gasteiger partial charge in [0.25, 0.3) is 0 Å². The van der Waals surface area contributed by atoms with E-state index in [-0.39, 0.29) is 6.54 Å². The number of rotatable bonds is 6. The smallest absolute Gasteiger partial charge is 0.324 e. The van der Waals surface area contributed by atoms with E-state index in [1.54, 1.807) is 0 Å². The Balaban J connectivity index is 2.54. The summed E-state index contributed by atoms with van der Waals surface area (Å²) in [6.45, 7) is -0.935. The van der Waals surface area contributed by atoms with E-state index in [0.29, 0.717) is 0 Å². The largest absolute Gasteiger partial charge is 0.480 e. The number of hydrogen-bond donors (Lipinski definition) is 2. The number of carboxylic acids is 1. The molecule has 13 heteroatoms. The van der Waals surface area contributed by atoms with E-state index in [2.05, 4.69) is 21.3 Å². The first-order valence-corrected chi connectivity index (χ1v) is 8.26. The number of carbonyl (C=O) groups is 2. The van der Waals surface area contributed by atoms with Crippen molar-refractivity contribution < 1.29 is 41.7 Å². The van der Waals surface area contributed by atoms with Gasteiger partial charge >= 0.3 is 5.97 Å². The van der Waals surface area contributed by atoms with Gasteiger partial charge in [0.15, 0.2) is 28.7 Å². The summed E-state index contributed by atoms with van der Waals surface area (Å²) in [5.41, 5.74) is 3.12. The minimum Gasteiger partial charge on any atom is -0.480 e. The highest BCUT2D eigenvalue weighted by molar-refractivity contribution is 6.02. The van der Waals surface area contributed by atoms with Gasteiger partial charge in [-0.1, -0.05) is 18.0 Å². The Morgan fingerprint density at radius 1 is 1.23 bits per heavy atom. The molecular weight excluding hydrogens is 416 g/mol. The van der Waals surface area contributed by atoms with Gasteiger partial charge in [-0.3, -0.25) is 9.59 Å². The summed E-state index contributed by atoms with van der Waals surface area (Å²) in [7, 11) is 0. The first-order valence-electron chi connectivity index (χ1n) is 8.26. The summed E-state index contributed by atoms with van der Waals surface area (Å²) in [4.78, 5) is 26.0. The van der Waals surface area contributed by atoms with Gasteiger partial charge in [0, 0.05) is 11.3 Å². The van der Waals surface area contributed by atoms with Crippen LogP contribution in [0.1, 0.15) is 18.9 Å². The fourth-order valence-electron chi connectivity index (χ4n) is 2.83. The molecule has 0 unspecified atom stereocenters. The number of benzene rings is 1. The molecule has 9 nitrogen and oxygen atoms in total. The van der Waals surface area contributed by atoms with Gasteiger partial charge in [-0.05, 0) is 5.53 Å². The van der Waals surface area contributed by atoms with Crippen LogP contribution in [0.15, 0.2) is 5.11 Å². The van der Waals surface area contributed by atoms with E-state index in [4.69, 9.17) is 21.4 Å². The molecule has 1 amide bonds. The molecule has 2 rings (SSSR count). The zero-order valence-electron chi connectivity index (χ0n) is 15.3. The van der Waals surface area contributed by atoms with Crippen molar-refractivity contribution in [1.82, 2.24) is 5.32 Å². The second-order valence-corrected chi connectivity index (χ2v) is 6.13. The van der Waals surface area contributed by atoms with Gasteiger partial charge in [-0.25, -0.2) is 17.6 Å². The normalized spacial score (nSPS) is 23.2. The summed E-state index contributed by atoms with van der Waals surface area (Å²) in [5.74, 6) is -11.1. The maximum atomic E-state index is 14.6.